The van der Waals surface area contributed by atoms with Crippen molar-refractivity contribution in [3.8, 4) is 11.5 Å². The zero-order valence-corrected chi connectivity index (χ0v) is 27.9. The van der Waals surface area contributed by atoms with E-state index in [0.29, 0.717) is 21.6 Å². The smallest absolute Gasteiger partial charge is 0.288 e. The van der Waals surface area contributed by atoms with Crippen molar-refractivity contribution in [1.82, 2.24) is 14.7 Å². The summed E-state index contributed by atoms with van der Waals surface area (Å²) in [5.74, 6) is 0.549. The number of hydrogen-bond donors (Lipinski definition) is 0. The monoisotopic (exact) mass is 700 g/mol. The Morgan fingerprint density at radius 1 is 0.884 bits per heavy atom. The number of ether oxygens (including phenoxy) is 2. The number of sulfonamides is 2. The number of hydrogen-bond acceptors (Lipinski definition) is 10. The van der Waals surface area contributed by atoms with E-state index in [0.717, 1.165) is 34.8 Å². The van der Waals surface area contributed by atoms with E-state index in [2.05, 4.69) is 5.10 Å². The Morgan fingerprint density at radius 2 is 1.51 bits per heavy atom. The van der Waals surface area contributed by atoms with Gasteiger partial charge in [0.1, 0.15) is 26.5 Å². The topological polar surface area (TPSA) is 111 Å². The summed E-state index contributed by atoms with van der Waals surface area (Å²) in [5, 5.41) is 4.80. The molecular formula is C27H26Cl2N4O6S4. The molecule has 5 rings (SSSR count). The van der Waals surface area contributed by atoms with Gasteiger partial charge in [-0.25, -0.2) is 0 Å². The second-order valence-corrected chi connectivity index (χ2v) is 17.1. The minimum Gasteiger partial charge on any atom is -0.496 e. The third-order valence-corrected chi connectivity index (χ3v) is 13.7. The summed E-state index contributed by atoms with van der Waals surface area (Å²) in [4.78, 5) is 2.01. The molecule has 0 saturated carbocycles. The molecule has 10 nitrogen and oxygen atoms in total. The van der Waals surface area contributed by atoms with Gasteiger partial charge in [0, 0.05) is 6.54 Å². The van der Waals surface area contributed by atoms with Crippen molar-refractivity contribution in [1.29, 1.82) is 0 Å². The molecule has 228 valence electrons. The van der Waals surface area contributed by atoms with Crippen LogP contribution in [-0.4, -0.2) is 65.9 Å². The van der Waals surface area contributed by atoms with Crippen molar-refractivity contribution < 1.29 is 26.3 Å². The van der Waals surface area contributed by atoms with E-state index in [-0.39, 0.29) is 40.6 Å². The lowest BCUT2D eigenvalue weighted by Crippen LogP contribution is -2.37. The molecule has 5 aromatic rings. The summed E-state index contributed by atoms with van der Waals surface area (Å²) in [7, 11) is -4.16. The van der Waals surface area contributed by atoms with Crippen LogP contribution in [0.1, 0.15) is 5.56 Å². The predicted molar refractivity (Wildman–Crippen MR) is 171 cm³/mol. The molecule has 3 aromatic heterocycles. The third-order valence-electron chi connectivity index (χ3n) is 6.19. The van der Waals surface area contributed by atoms with Crippen LogP contribution in [0.15, 0.2) is 75.1 Å². The van der Waals surface area contributed by atoms with Gasteiger partial charge in [-0.05, 0) is 68.2 Å². The molecule has 0 fully saturated rings. The van der Waals surface area contributed by atoms with Crippen LogP contribution in [0.25, 0.3) is 10.9 Å². The highest BCUT2D eigenvalue weighted by Gasteiger charge is 2.42. The van der Waals surface area contributed by atoms with Crippen molar-refractivity contribution in [2.75, 3.05) is 38.1 Å². The van der Waals surface area contributed by atoms with E-state index in [1.54, 1.807) is 18.2 Å². The Bertz CT molecular complexity index is 1920. The molecule has 2 aromatic carbocycles. The molecule has 0 saturated heterocycles. The number of aromatic nitrogens is 2. The second-order valence-electron chi connectivity index (χ2n) is 9.46. The zero-order chi connectivity index (χ0) is 30.9. The summed E-state index contributed by atoms with van der Waals surface area (Å²) in [6.07, 6.45) is 0. The van der Waals surface area contributed by atoms with Gasteiger partial charge >= 0.3 is 0 Å². The number of thiophene rings is 2. The molecule has 0 bridgehead atoms. The van der Waals surface area contributed by atoms with E-state index in [1.807, 2.05) is 43.3 Å². The van der Waals surface area contributed by atoms with E-state index in [9.17, 15) is 16.8 Å². The van der Waals surface area contributed by atoms with Crippen LogP contribution < -0.4 is 13.2 Å². The Hall–Kier alpha value is -2.85. The van der Waals surface area contributed by atoms with Gasteiger partial charge in [-0.2, -0.15) is 21.9 Å². The van der Waals surface area contributed by atoms with Gasteiger partial charge in [-0.1, -0.05) is 41.4 Å². The molecule has 0 aliphatic heterocycles. The fraction of sp³-hybridized carbons (Fsp3) is 0.222. The van der Waals surface area contributed by atoms with Crippen molar-refractivity contribution >= 4 is 82.6 Å². The average Bonchev–Trinajstić information content (AvgIpc) is 3.68. The third kappa shape index (κ3) is 6.50. The summed E-state index contributed by atoms with van der Waals surface area (Å²) in [6, 6.07) is 17.7. The highest BCUT2D eigenvalue weighted by Crippen LogP contribution is 2.42. The van der Waals surface area contributed by atoms with Gasteiger partial charge in [-0.3, -0.25) is 4.68 Å². The molecular weight excluding hydrogens is 675 g/mol. The normalized spacial score (nSPS) is 12.2. The first kappa shape index (κ1) is 31.6. The van der Waals surface area contributed by atoms with Crippen LogP contribution >= 0.6 is 45.9 Å². The predicted octanol–water partition coefficient (Wildman–Crippen LogP) is 6.05. The highest BCUT2D eigenvalue weighted by molar-refractivity contribution is 8.11. The van der Waals surface area contributed by atoms with Gasteiger partial charge < -0.3 is 14.4 Å². The maximum atomic E-state index is 14.1. The minimum atomic E-state index is -4.74. The molecule has 16 heteroatoms. The Labute approximate surface area is 267 Å². The summed E-state index contributed by atoms with van der Waals surface area (Å²) in [6.45, 7) is 1.41. The Morgan fingerprint density at radius 3 is 2.07 bits per heavy atom. The molecule has 0 radical (unpaired) electrons. The van der Waals surface area contributed by atoms with E-state index < -0.39 is 20.0 Å². The van der Waals surface area contributed by atoms with Crippen LogP contribution in [0, 0.1) is 0 Å². The molecule has 0 N–H and O–H groups in total. The number of benzene rings is 2. The van der Waals surface area contributed by atoms with Crippen molar-refractivity contribution in [3.63, 3.8) is 0 Å². The lowest BCUT2D eigenvalue weighted by molar-refractivity contribution is 0.261. The quantitative estimate of drug-likeness (QED) is 0.155. The fourth-order valence-corrected chi connectivity index (χ4v) is 11.2. The van der Waals surface area contributed by atoms with Crippen LogP contribution in [0.3, 0.4) is 0 Å². The van der Waals surface area contributed by atoms with Crippen molar-refractivity contribution in [2.45, 2.75) is 15.0 Å². The Balaban J connectivity index is 1.69. The molecule has 0 aliphatic rings. The van der Waals surface area contributed by atoms with Crippen LogP contribution in [0.2, 0.25) is 8.67 Å². The summed E-state index contributed by atoms with van der Waals surface area (Å²) < 4.78 is 69.7. The summed E-state index contributed by atoms with van der Waals surface area (Å²) in [5.41, 5.74) is 1.26. The van der Waals surface area contributed by atoms with E-state index >= 15 is 0 Å². The van der Waals surface area contributed by atoms with Gasteiger partial charge in [-0.15, -0.1) is 26.4 Å². The van der Waals surface area contributed by atoms with Crippen LogP contribution in [-0.2, 0) is 26.6 Å². The largest absolute Gasteiger partial charge is 0.496 e. The lowest BCUT2D eigenvalue weighted by atomic mass is 10.2. The number of anilines is 1. The zero-order valence-electron chi connectivity index (χ0n) is 23.1. The highest BCUT2D eigenvalue weighted by atomic mass is 35.5. The van der Waals surface area contributed by atoms with Gasteiger partial charge in [0.15, 0.2) is 5.82 Å². The maximum absolute atomic E-state index is 14.1. The summed E-state index contributed by atoms with van der Waals surface area (Å²) >= 11 is 13.6. The standard InChI is InChI=1S/C27H26Cl2N4O6S4/c1-31(2)14-15-39-19-7-4-6-18(16-19)17-32-20-8-5-9-21(38-3)26(20)27(30-32)33(42(34,35)24-12-10-22(28)40-24)43(36,37)25-13-11-23(29)41-25/h4-13,16H,14-15,17H2,1-3H3. The molecule has 0 unspecified atom stereocenters. The maximum Gasteiger partial charge on any atom is 0.288 e. The van der Waals surface area contributed by atoms with Crippen LogP contribution in [0.4, 0.5) is 5.82 Å². The molecule has 3 heterocycles. The van der Waals surface area contributed by atoms with E-state index in [1.165, 1.54) is 36.1 Å². The SMILES string of the molecule is COc1cccc2c1c(N(S(=O)(=O)c1ccc(Cl)s1)S(=O)(=O)c1ccc(Cl)s1)nn2Cc1cccc(OCCN(C)C)c1. The first-order valence-electron chi connectivity index (χ1n) is 12.6. The number of rotatable bonds is 12. The molecule has 0 amide bonds. The van der Waals surface area contributed by atoms with Gasteiger partial charge in [0.2, 0.25) is 0 Å². The molecule has 0 spiro atoms. The average molecular weight is 702 g/mol. The number of methoxy groups -OCH3 is 1. The number of fused-ring (bicyclic) bond motifs is 1. The van der Waals surface area contributed by atoms with Crippen molar-refractivity contribution in [3.05, 3.63) is 81.0 Å². The van der Waals surface area contributed by atoms with E-state index in [4.69, 9.17) is 32.7 Å². The minimum absolute atomic E-state index is 0.177. The van der Waals surface area contributed by atoms with Gasteiger partial charge in [0.05, 0.1) is 33.2 Å². The number of halogens is 2. The number of likely N-dealkylation sites (N-methyl/N-ethyl adjacent to an activating group) is 1. The second kappa shape index (κ2) is 12.6. The van der Waals surface area contributed by atoms with Crippen LogP contribution in [0.5, 0.6) is 11.5 Å². The number of nitrogens with zero attached hydrogens (tertiary/aromatic N) is 4. The fourth-order valence-electron chi connectivity index (χ4n) is 4.24. The van der Waals surface area contributed by atoms with Gasteiger partial charge in [0.25, 0.3) is 20.0 Å². The first-order chi connectivity index (χ1) is 20.4. The molecule has 0 aliphatic carbocycles. The molecule has 43 heavy (non-hydrogen) atoms. The first-order valence-corrected chi connectivity index (χ1v) is 17.9. The van der Waals surface area contributed by atoms with Crippen molar-refractivity contribution in [2.24, 2.45) is 0 Å². The molecule has 0 atom stereocenters. The Kier molecular flexibility index (Phi) is 9.28. The lowest BCUT2D eigenvalue weighted by Gasteiger charge is -2.21.